The lowest BCUT2D eigenvalue weighted by Gasteiger charge is -2.20. The predicted molar refractivity (Wildman–Crippen MR) is 109 cm³/mol. The fraction of sp³-hybridized carbons (Fsp3) is 0.211. The molecule has 0 fully saturated rings. The first-order valence-electron chi connectivity index (χ1n) is 8.07. The summed E-state index contributed by atoms with van der Waals surface area (Å²) in [6, 6.07) is 14.1. The molecular weight excluding hydrogens is 368 g/mol. The Labute approximate surface area is 157 Å². The lowest BCUT2D eigenvalue weighted by atomic mass is 10.2. The van der Waals surface area contributed by atoms with Crippen LogP contribution in [0, 0.1) is 0 Å². The van der Waals surface area contributed by atoms with Gasteiger partial charge >= 0.3 is 0 Å². The van der Waals surface area contributed by atoms with Crippen molar-refractivity contribution in [1.82, 2.24) is 0 Å². The maximum atomic E-state index is 12.4. The molecule has 26 heavy (non-hydrogen) atoms. The number of nitrogens with one attached hydrogen (secondary N) is 2. The van der Waals surface area contributed by atoms with Crippen LogP contribution in [0.15, 0.2) is 53.9 Å². The van der Waals surface area contributed by atoms with Crippen LogP contribution in [0.1, 0.15) is 31.1 Å². The maximum absolute atomic E-state index is 12.4. The average molecular weight is 389 g/mol. The number of benzene rings is 2. The molecule has 2 N–H and O–H groups in total. The highest BCUT2D eigenvalue weighted by molar-refractivity contribution is 7.94. The molecule has 5 nitrogen and oxygen atoms in total. The lowest BCUT2D eigenvalue weighted by Crippen LogP contribution is -2.33. The Morgan fingerprint density at radius 1 is 0.962 bits per heavy atom. The van der Waals surface area contributed by atoms with Gasteiger partial charge in [-0.05, 0) is 80.1 Å². The number of carbonyl (C=O) groups excluding carboxylic acids is 1. The highest BCUT2D eigenvalue weighted by Crippen LogP contribution is 2.24. The van der Waals surface area contributed by atoms with Crippen LogP contribution in [0.3, 0.4) is 0 Å². The van der Waals surface area contributed by atoms with E-state index in [0.717, 1.165) is 11.1 Å². The van der Waals surface area contributed by atoms with Gasteiger partial charge < -0.3 is 5.32 Å². The molecule has 0 aliphatic heterocycles. The van der Waals surface area contributed by atoms with Crippen LogP contribution >= 0.6 is 11.3 Å². The third kappa shape index (κ3) is 3.89. The molecule has 0 saturated heterocycles. The quantitative estimate of drug-likeness (QED) is 0.680. The Hall–Kier alpha value is -2.38. The van der Waals surface area contributed by atoms with Gasteiger partial charge in [0, 0.05) is 21.6 Å². The van der Waals surface area contributed by atoms with Gasteiger partial charge in [0.15, 0.2) is 0 Å². The fourth-order valence-electron chi connectivity index (χ4n) is 2.25. The van der Waals surface area contributed by atoms with Crippen LogP contribution in [0.4, 0.5) is 11.4 Å². The highest BCUT2D eigenvalue weighted by atomic mass is 32.2. The Balaban J connectivity index is 1.72. The van der Waals surface area contributed by atoms with Crippen LogP contribution in [0.2, 0.25) is 0 Å². The van der Waals surface area contributed by atoms with Crippen molar-refractivity contribution in [3.05, 3.63) is 59.5 Å². The summed E-state index contributed by atoms with van der Waals surface area (Å²) in [5.74, 6) is -0.246. The molecule has 0 aliphatic carbocycles. The molecule has 0 radical (unpaired) electrons. The molecule has 2 aromatic carbocycles. The molecule has 0 spiro atoms. The monoisotopic (exact) mass is 388 g/mol. The van der Waals surface area contributed by atoms with E-state index in [9.17, 15) is 13.2 Å². The summed E-state index contributed by atoms with van der Waals surface area (Å²) in [5, 5.41) is 5.95. The first-order chi connectivity index (χ1) is 12.2. The van der Waals surface area contributed by atoms with Gasteiger partial charge in [0.05, 0.1) is 4.75 Å². The fourth-order valence-corrected chi connectivity index (χ4v) is 3.77. The van der Waals surface area contributed by atoms with Gasteiger partial charge in [-0.15, -0.1) is 11.3 Å². The molecule has 0 saturated carbocycles. The number of amides is 1. The van der Waals surface area contributed by atoms with Crippen LogP contribution in [-0.4, -0.2) is 19.1 Å². The summed E-state index contributed by atoms with van der Waals surface area (Å²) in [6.45, 7) is 4.88. The van der Waals surface area contributed by atoms with E-state index < -0.39 is 14.8 Å². The Kier molecular flexibility index (Phi) is 4.77. The molecule has 1 aromatic heterocycles. The topological polar surface area (TPSA) is 75.3 Å². The first-order valence-corrected chi connectivity index (χ1v) is 10.4. The molecule has 3 rings (SSSR count). The van der Waals surface area contributed by atoms with Gasteiger partial charge in [-0.25, -0.2) is 8.42 Å². The van der Waals surface area contributed by atoms with Crippen molar-refractivity contribution in [3.63, 3.8) is 0 Å². The normalized spacial score (nSPS) is 12.1. The molecule has 0 bridgehead atoms. The van der Waals surface area contributed by atoms with Crippen molar-refractivity contribution in [2.24, 2.45) is 0 Å². The maximum Gasteiger partial charge on any atom is 0.255 e. The third-order valence-corrected chi connectivity index (χ3v) is 6.93. The van der Waals surface area contributed by atoms with E-state index in [4.69, 9.17) is 0 Å². The minimum Gasteiger partial charge on any atom is -0.322 e. The molecule has 0 atom stereocenters. The van der Waals surface area contributed by atoms with Crippen LogP contribution in [-0.2, 0) is 10.0 Å². The van der Waals surface area contributed by atoms with Gasteiger partial charge in [-0.1, -0.05) is 0 Å². The van der Waals surface area contributed by atoms with Crippen LogP contribution in [0.5, 0.6) is 0 Å². The van der Waals surface area contributed by atoms with E-state index in [2.05, 4.69) is 10.0 Å². The molecule has 136 valence electrons. The SMILES string of the molecule is CC(C)(C)S(=O)(=O)Nc1ccc(C(=O)Nc2ccc3sccc3c2)cc1. The summed E-state index contributed by atoms with van der Waals surface area (Å²) in [6.07, 6.45) is 0. The number of carbonyl (C=O) groups is 1. The minimum absolute atomic E-state index is 0.246. The average Bonchev–Trinajstić information content (AvgIpc) is 3.01. The molecular formula is C19H20N2O3S2. The highest BCUT2D eigenvalue weighted by Gasteiger charge is 2.28. The third-order valence-electron chi connectivity index (χ3n) is 3.92. The van der Waals surface area contributed by atoms with E-state index in [1.54, 1.807) is 56.4 Å². The van der Waals surface area contributed by atoms with Gasteiger partial charge in [0.25, 0.3) is 5.91 Å². The van der Waals surface area contributed by atoms with E-state index in [-0.39, 0.29) is 5.91 Å². The summed E-state index contributed by atoms with van der Waals surface area (Å²) in [5.41, 5.74) is 1.60. The summed E-state index contributed by atoms with van der Waals surface area (Å²) in [7, 11) is -3.50. The second kappa shape index (κ2) is 6.74. The van der Waals surface area contributed by atoms with Crippen LogP contribution in [0.25, 0.3) is 10.1 Å². The van der Waals surface area contributed by atoms with Crippen molar-refractivity contribution in [1.29, 1.82) is 0 Å². The number of fused-ring (bicyclic) bond motifs is 1. The zero-order valence-electron chi connectivity index (χ0n) is 14.7. The van der Waals surface area contributed by atoms with Gasteiger partial charge in [0.2, 0.25) is 10.0 Å². The van der Waals surface area contributed by atoms with E-state index in [0.29, 0.717) is 11.3 Å². The van der Waals surface area contributed by atoms with Gasteiger partial charge in [0.1, 0.15) is 0 Å². The number of hydrogen-bond acceptors (Lipinski definition) is 4. The predicted octanol–water partition coefficient (Wildman–Crippen LogP) is 4.69. The van der Waals surface area contributed by atoms with Gasteiger partial charge in [-0.2, -0.15) is 0 Å². The number of rotatable bonds is 4. The number of thiophene rings is 1. The lowest BCUT2D eigenvalue weighted by molar-refractivity contribution is 0.102. The summed E-state index contributed by atoms with van der Waals surface area (Å²) >= 11 is 1.65. The zero-order valence-corrected chi connectivity index (χ0v) is 16.4. The van der Waals surface area contributed by atoms with Crippen LogP contribution < -0.4 is 10.0 Å². The second-order valence-corrected chi connectivity index (χ2v) is 10.3. The number of anilines is 2. The summed E-state index contributed by atoms with van der Waals surface area (Å²) in [4.78, 5) is 12.4. The zero-order chi connectivity index (χ0) is 18.9. The van der Waals surface area contributed by atoms with Crippen molar-refractivity contribution in [3.8, 4) is 0 Å². The molecule has 1 heterocycles. The molecule has 0 aliphatic rings. The summed E-state index contributed by atoms with van der Waals surface area (Å²) < 4.78 is 27.1. The number of hydrogen-bond donors (Lipinski definition) is 2. The first kappa shape index (κ1) is 18.4. The van der Waals surface area contributed by atoms with Gasteiger partial charge in [-0.3, -0.25) is 9.52 Å². The van der Waals surface area contributed by atoms with E-state index in [1.165, 1.54) is 4.70 Å². The van der Waals surface area contributed by atoms with Crippen molar-refractivity contribution >= 4 is 48.7 Å². The smallest absolute Gasteiger partial charge is 0.255 e. The Morgan fingerprint density at radius 3 is 2.27 bits per heavy atom. The second-order valence-electron chi connectivity index (χ2n) is 6.92. The van der Waals surface area contributed by atoms with E-state index in [1.807, 2.05) is 29.6 Å². The molecule has 1 amide bonds. The molecule has 0 unspecified atom stereocenters. The van der Waals surface area contributed by atoms with E-state index >= 15 is 0 Å². The Bertz CT molecular complexity index is 1050. The Morgan fingerprint density at radius 2 is 1.62 bits per heavy atom. The standard InChI is InChI=1S/C19H20N2O3S2/c1-19(2,3)26(23,24)21-15-6-4-13(5-7-15)18(22)20-16-8-9-17-14(12-16)10-11-25-17/h4-12,21H,1-3H3,(H,20,22). The van der Waals surface area contributed by atoms with Crippen molar-refractivity contribution in [2.45, 2.75) is 25.5 Å². The van der Waals surface area contributed by atoms with Crippen molar-refractivity contribution < 1.29 is 13.2 Å². The largest absolute Gasteiger partial charge is 0.322 e. The minimum atomic E-state index is -3.50. The van der Waals surface area contributed by atoms with Crippen molar-refractivity contribution in [2.75, 3.05) is 10.0 Å². The number of sulfonamides is 1. The molecule has 7 heteroatoms. The molecule has 3 aromatic rings.